The molecule has 0 aromatic carbocycles. The van der Waals surface area contributed by atoms with Crippen LogP contribution in [0.4, 0.5) is 5.69 Å². The molecule has 0 amide bonds. The lowest BCUT2D eigenvalue weighted by Gasteiger charge is -2.27. The molecule has 1 heterocycles. The summed E-state index contributed by atoms with van der Waals surface area (Å²) >= 11 is 0. The lowest BCUT2D eigenvalue weighted by Crippen LogP contribution is -2.29. The molecule has 104 valence electrons. The Morgan fingerprint density at radius 3 is 2.74 bits per heavy atom. The Hall–Kier alpha value is -1.58. The summed E-state index contributed by atoms with van der Waals surface area (Å²) in [7, 11) is 1.56. The normalized spacial score (nSPS) is 15.5. The average molecular weight is 262 g/mol. The molecule has 4 heteroatoms. The van der Waals surface area contributed by atoms with E-state index in [0.717, 1.165) is 31.0 Å². The summed E-state index contributed by atoms with van der Waals surface area (Å²) in [5.74, 6) is 1.24. The van der Waals surface area contributed by atoms with Crippen LogP contribution in [0.1, 0.15) is 43.1 Å². The lowest BCUT2D eigenvalue weighted by molar-refractivity contribution is 0.111. The first-order valence-corrected chi connectivity index (χ1v) is 7.03. The molecule has 0 unspecified atom stereocenters. The molecule has 0 spiro atoms. The zero-order valence-corrected chi connectivity index (χ0v) is 11.8. The number of hydrogen-bond acceptors (Lipinski definition) is 4. The highest BCUT2D eigenvalue weighted by molar-refractivity contribution is 5.82. The summed E-state index contributed by atoms with van der Waals surface area (Å²) in [6, 6.07) is 3.76. The van der Waals surface area contributed by atoms with Gasteiger partial charge in [-0.2, -0.15) is 0 Å². The maximum Gasteiger partial charge on any atom is 0.213 e. The van der Waals surface area contributed by atoms with Gasteiger partial charge in [0, 0.05) is 19.2 Å². The summed E-state index contributed by atoms with van der Waals surface area (Å²) < 4.78 is 5.07. The van der Waals surface area contributed by atoms with Gasteiger partial charge < -0.3 is 9.64 Å². The lowest BCUT2D eigenvalue weighted by atomic mass is 10.1. The summed E-state index contributed by atoms with van der Waals surface area (Å²) in [5.41, 5.74) is 1.39. The third-order valence-corrected chi connectivity index (χ3v) is 3.87. The molecule has 2 rings (SSSR count). The molecule has 0 aliphatic heterocycles. The number of nitrogens with zero attached hydrogens (tertiary/aromatic N) is 2. The maximum atomic E-state index is 11.2. The van der Waals surface area contributed by atoms with Crippen LogP contribution in [-0.2, 0) is 0 Å². The van der Waals surface area contributed by atoms with E-state index in [2.05, 4.69) is 16.8 Å². The van der Waals surface area contributed by atoms with Crippen molar-refractivity contribution in [1.29, 1.82) is 0 Å². The van der Waals surface area contributed by atoms with Gasteiger partial charge in [0.05, 0.1) is 12.8 Å². The quantitative estimate of drug-likeness (QED) is 0.739. The molecule has 1 aromatic rings. The molecular weight excluding hydrogens is 240 g/mol. The Balaban J connectivity index is 2.18. The smallest absolute Gasteiger partial charge is 0.213 e. The van der Waals surface area contributed by atoms with Crippen molar-refractivity contribution in [3.63, 3.8) is 0 Å². The van der Waals surface area contributed by atoms with E-state index in [0.29, 0.717) is 11.6 Å². The summed E-state index contributed by atoms with van der Waals surface area (Å²) in [6.45, 7) is 4.03. The van der Waals surface area contributed by atoms with Gasteiger partial charge in [-0.05, 0) is 31.7 Å². The zero-order valence-electron chi connectivity index (χ0n) is 11.8. The fourth-order valence-corrected chi connectivity index (χ4v) is 2.82. The van der Waals surface area contributed by atoms with Gasteiger partial charge in [0.25, 0.3) is 0 Å². The van der Waals surface area contributed by atoms with Crippen LogP contribution in [-0.4, -0.2) is 31.5 Å². The Morgan fingerprint density at radius 1 is 1.42 bits per heavy atom. The molecule has 0 bridgehead atoms. The number of anilines is 1. The molecule has 0 N–H and O–H groups in total. The number of carbonyl (C=O) groups excluding carboxylic acids is 1. The van der Waals surface area contributed by atoms with E-state index in [1.807, 2.05) is 12.1 Å². The largest absolute Gasteiger partial charge is 0.481 e. The number of pyridine rings is 1. The SMILES string of the molecule is CCN(CC1CCCC1)c1ccc(OC)nc1C=O. The Bertz CT molecular complexity index is 428. The van der Waals surface area contributed by atoms with Crippen LogP contribution in [0, 0.1) is 5.92 Å². The van der Waals surface area contributed by atoms with E-state index in [9.17, 15) is 4.79 Å². The third-order valence-electron chi connectivity index (χ3n) is 3.87. The Labute approximate surface area is 114 Å². The molecule has 4 nitrogen and oxygen atoms in total. The first kappa shape index (κ1) is 13.8. The number of hydrogen-bond donors (Lipinski definition) is 0. The molecule has 0 atom stereocenters. The molecule has 1 aromatic heterocycles. The van der Waals surface area contributed by atoms with Crippen molar-refractivity contribution >= 4 is 12.0 Å². The van der Waals surface area contributed by atoms with E-state index in [4.69, 9.17) is 4.74 Å². The molecule has 1 aliphatic rings. The van der Waals surface area contributed by atoms with Gasteiger partial charge in [0.1, 0.15) is 5.69 Å². The summed E-state index contributed by atoms with van der Waals surface area (Å²) in [6.07, 6.45) is 6.09. The molecule has 1 saturated carbocycles. The van der Waals surface area contributed by atoms with Gasteiger partial charge in [-0.15, -0.1) is 0 Å². The van der Waals surface area contributed by atoms with Crippen molar-refractivity contribution in [3.8, 4) is 5.88 Å². The van der Waals surface area contributed by atoms with E-state index < -0.39 is 0 Å². The van der Waals surface area contributed by atoms with E-state index in [1.54, 1.807) is 7.11 Å². The highest BCUT2D eigenvalue weighted by Crippen LogP contribution is 2.28. The second kappa shape index (κ2) is 6.55. The van der Waals surface area contributed by atoms with Crippen molar-refractivity contribution in [1.82, 2.24) is 4.98 Å². The van der Waals surface area contributed by atoms with Crippen LogP contribution in [0.3, 0.4) is 0 Å². The highest BCUT2D eigenvalue weighted by Gasteiger charge is 2.20. The average Bonchev–Trinajstić information content (AvgIpc) is 2.97. The van der Waals surface area contributed by atoms with Crippen LogP contribution in [0.15, 0.2) is 12.1 Å². The van der Waals surface area contributed by atoms with Gasteiger partial charge in [0.15, 0.2) is 6.29 Å². The van der Waals surface area contributed by atoms with Crippen LogP contribution in [0.5, 0.6) is 5.88 Å². The molecule has 0 radical (unpaired) electrons. The highest BCUT2D eigenvalue weighted by atomic mass is 16.5. The van der Waals surface area contributed by atoms with Crippen molar-refractivity contribution in [2.75, 3.05) is 25.1 Å². The van der Waals surface area contributed by atoms with E-state index in [-0.39, 0.29) is 0 Å². The first-order chi connectivity index (χ1) is 9.28. The zero-order chi connectivity index (χ0) is 13.7. The molecule has 1 fully saturated rings. The number of aromatic nitrogens is 1. The topological polar surface area (TPSA) is 42.4 Å². The van der Waals surface area contributed by atoms with Crippen molar-refractivity contribution in [3.05, 3.63) is 17.8 Å². The molecular formula is C15H22N2O2. The Kier molecular flexibility index (Phi) is 4.77. The first-order valence-electron chi connectivity index (χ1n) is 7.03. The minimum atomic E-state index is 0.471. The van der Waals surface area contributed by atoms with Crippen LogP contribution in [0.25, 0.3) is 0 Å². The summed E-state index contributed by atoms with van der Waals surface area (Å²) in [4.78, 5) is 17.7. The standard InChI is InChI=1S/C15H22N2O2/c1-3-17(10-12-6-4-5-7-12)14-8-9-15(19-2)16-13(14)11-18/h8-9,11-12H,3-7,10H2,1-2H3. The minimum absolute atomic E-state index is 0.471. The van der Waals surface area contributed by atoms with Gasteiger partial charge in [0.2, 0.25) is 5.88 Å². The minimum Gasteiger partial charge on any atom is -0.481 e. The third kappa shape index (κ3) is 3.25. The fourth-order valence-electron chi connectivity index (χ4n) is 2.82. The number of aldehydes is 1. The number of rotatable bonds is 6. The number of ether oxygens (including phenoxy) is 1. The molecule has 0 saturated heterocycles. The predicted molar refractivity (Wildman–Crippen MR) is 76.0 cm³/mol. The second-order valence-electron chi connectivity index (χ2n) is 5.06. The van der Waals surface area contributed by atoms with Crippen molar-refractivity contribution in [2.24, 2.45) is 5.92 Å². The van der Waals surface area contributed by atoms with Gasteiger partial charge in [-0.25, -0.2) is 4.98 Å². The van der Waals surface area contributed by atoms with Gasteiger partial charge in [-0.1, -0.05) is 12.8 Å². The van der Waals surface area contributed by atoms with Crippen LogP contribution < -0.4 is 9.64 Å². The van der Waals surface area contributed by atoms with Crippen molar-refractivity contribution < 1.29 is 9.53 Å². The second-order valence-corrected chi connectivity index (χ2v) is 5.06. The molecule has 1 aliphatic carbocycles. The van der Waals surface area contributed by atoms with E-state index in [1.165, 1.54) is 25.7 Å². The number of methoxy groups -OCH3 is 1. The van der Waals surface area contributed by atoms with Crippen LogP contribution in [0.2, 0.25) is 0 Å². The van der Waals surface area contributed by atoms with E-state index >= 15 is 0 Å². The van der Waals surface area contributed by atoms with Gasteiger partial charge in [-0.3, -0.25) is 4.79 Å². The van der Waals surface area contributed by atoms with Crippen molar-refractivity contribution in [2.45, 2.75) is 32.6 Å². The number of carbonyl (C=O) groups is 1. The summed E-state index contributed by atoms with van der Waals surface area (Å²) in [5, 5.41) is 0. The maximum absolute atomic E-state index is 11.2. The monoisotopic (exact) mass is 262 g/mol. The van der Waals surface area contributed by atoms with Crippen LogP contribution >= 0.6 is 0 Å². The fraction of sp³-hybridized carbons (Fsp3) is 0.600. The molecule has 19 heavy (non-hydrogen) atoms. The Morgan fingerprint density at radius 2 is 2.16 bits per heavy atom. The predicted octanol–water partition coefficient (Wildman–Crippen LogP) is 2.92. The van der Waals surface area contributed by atoms with Gasteiger partial charge >= 0.3 is 0 Å².